The molecule has 1 fully saturated rings. The third-order valence-electron chi connectivity index (χ3n) is 2.89. The van der Waals surface area contributed by atoms with Crippen molar-refractivity contribution in [3.8, 4) is 0 Å². The standard InChI is InChI=1S/C12H15NO2.ClH/c14-12(15)11-3-1-9(2-4-11)7-10-5-6-13-8-10;/h1-4,10,13H,5-8H2,(H,14,15);1H. The van der Waals surface area contributed by atoms with Crippen LogP contribution in [0.2, 0.25) is 0 Å². The Morgan fingerprint density at radius 1 is 1.38 bits per heavy atom. The van der Waals surface area contributed by atoms with Gasteiger partial charge in [0.05, 0.1) is 5.56 Å². The number of hydrogen-bond acceptors (Lipinski definition) is 2. The molecule has 3 nitrogen and oxygen atoms in total. The highest BCUT2D eigenvalue weighted by molar-refractivity contribution is 5.87. The largest absolute Gasteiger partial charge is 0.478 e. The second-order valence-corrected chi connectivity index (χ2v) is 4.07. The highest BCUT2D eigenvalue weighted by atomic mass is 35.5. The number of carboxylic acid groups (broad SMARTS) is 1. The van der Waals surface area contributed by atoms with Crippen LogP contribution in [0.3, 0.4) is 0 Å². The van der Waals surface area contributed by atoms with Gasteiger partial charge in [-0.2, -0.15) is 0 Å². The van der Waals surface area contributed by atoms with Crippen molar-refractivity contribution in [2.75, 3.05) is 13.1 Å². The molecule has 2 rings (SSSR count). The van der Waals surface area contributed by atoms with E-state index < -0.39 is 5.97 Å². The second-order valence-electron chi connectivity index (χ2n) is 4.07. The number of rotatable bonds is 3. The summed E-state index contributed by atoms with van der Waals surface area (Å²) in [5.74, 6) is -0.148. The molecule has 1 saturated heterocycles. The molecule has 0 aliphatic carbocycles. The van der Waals surface area contributed by atoms with Gasteiger partial charge in [0.2, 0.25) is 0 Å². The van der Waals surface area contributed by atoms with Crippen molar-refractivity contribution in [2.24, 2.45) is 5.92 Å². The van der Waals surface area contributed by atoms with Crippen LogP contribution in [0.15, 0.2) is 24.3 Å². The first-order valence-electron chi connectivity index (χ1n) is 5.28. The van der Waals surface area contributed by atoms with Crippen molar-refractivity contribution >= 4 is 18.4 Å². The number of carbonyl (C=O) groups is 1. The zero-order valence-corrected chi connectivity index (χ0v) is 9.80. The molecule has 0 amide bonds. The molecule has 1 atom stereocenters. The third kappa shape index (κ3) is 3.22. The maximum Gasteiger partial charge on any atom is 0.335 e. The fourth-order valence-electron chi connectivity index (χ4n) is 2.01. The maximum atomic E-state index is 10.6. The minimum absolute atomic E-state index is 0. The van der Waals surface area contributed by atoms with Gasteiger partial charge in [0.25, 0.3) is 0 Å². The Morgan fingerprint density at radius 2 is 2.06 bits per heavy atom. The second kappa shape index (κ2) is 5.87. The third-order valence-corrected chi connectivity index (χ3v) is 2.89. The summed E-state index contributed by atoms with van der Waals surface area (Å²) in [5.41, 5.74) is 1.59. The molecule has 2 N–H and O–H groups in total. The van der Waals surface area contributed by atoms with Crippen molar-refractivity contribution in [2.45, 2.75) is 12.8 Å². The van der Waals surface area contributed by atoms with Gasteiger partial charge in [0.1, 0.15) is 0 Å². The van der Waals surface area contributed by atoms with Gasteiger partial charge in [-0.1, -0.05) is 12.1 Å². The van der Waals surface area contributed by atoms with Crippen LogP contribution in [-0.2, 0) is 6.42 Å². The average Bonchev–Trinajstić information content (AvgIpc) is 2.71. The Labute approximate surface area is 101 Å². The van der Waals surface area contributed by atoms with Crippen LogP contribution in [0.1, 0.15) is 22.3 Å². The van der Waals surface area contributed by atoms with Gasteiger partial charge in [-0.15, -0.1) is 12.4 Å². The van der Waals surface area contributed by atoms with Crippen molar-refractivity contribution in [1.29, 1.82) is 0 Å². The van der Waals surface area contributed by atoms with E-state index in [4.69, 9.17) is 5.11 Å². The van der Waals surface area contributed by atoms with Gasteiger partial charge in [-0.05, 0) is 49.5 Å². The molecule has 1 aliphatic heterocycles. The molecule has 1 unspecified atom stereocenters. The number of hydrogen-bond donors (Lipinski definition) is 2. The molecule has 0 spiro atoms. The Kier molecular flexibility index (Phi) is 4.77. The summed E-state index contributed by atoms with van der Waals surface area (Å²) in [6.07, 6.45) is 2.27. The first kappa shape index (κ1) is 13.0. The molecule has 0 saturated carbocycles. The van der Waals surface area contributed by atoms with E-state index in [0.29, 0.717) is 11.5 Å². The van der Waals surface area contributed by atoms with Crippen molar-refractivity contribution in [3.63, 3.8) is 0 Å². The quantitative estimate of drug-likeness (QED) is 0.851. The molecular weight excluding hydrogens is 226 g/mol. The van der Waals surface area contributed by atoms with Crippen LogP contribution in [0.25, 0.3) is 0 Å². The van der Waals surface area contributed by atoms with E-state index in [1.807, 2.05) is 12.1 Å². The molecule has 1 aromatic carbocycles. The van der Waals surface area contributed by atoms with E-state index in [9.17, 15) is 4.79 Å². The summed E-state index contributed by atoms with van der Waals surface area (Å²) in [4.78, 5) is 10.6. The summed E-state index contributed by atoms with van der Waals surface area (Å²) in [5, 5.41) is 12.1. The van der Waals surface area contributed by atoms with Gasteiger partial charge in [-0.3, -0.25) is 0 Å². The van der Waals surface area contributed by atoms with Crippen LogP contribution in [0.5, 0.6) is 0 Å². The Bertz CT molecular complexity index is 345. The predicted octanol–water partition coefficient (Wildman–Crippen LogP) is 1.96. The SMILES string of the molecule is Cl.O=C(O)c1ccc(CC2CCNC2)cc1. The fourth-order valence-corrected chi connectivity index (χ4v) is 2.01. The molecule has 1 aliphatic rings. The molecule has 0 aromatic heterocycles. The summed E-state index contributed by atoms with van der Waals surface area (Å²) < 4.78 is 0. The fraction of sp³-hybridized carbons (Fsp3) is 0.417. The summed E-state index contributed by atoms with van der Waals surface area (Å²) in [7, 11) is 0. The number of carboxylic acids is 1. The van der Waals surface area contributed by atoms with Crippen LogP contribution in [-0.4, -0.2) is 24.2 Å². The Balaban J connectivity index is 0.00000128. The van der Waals surface area contributed by atoms with E-state index in [1.54, 1.807) is 12.1 Å². The average molecular weight is 242 g/mol. The lowest BCUT2D eigenvalue weighted by molar-refractivity contribution is 0.0697. The highest BCUT2D eigenvalue weighted by Gasteiger charge is 2.14. The number of nitrogens with one attached hydrogen (secondary N) is 1. The maximum absolute atomic E-state index is 10.6. The van der Waals surface area contributed by atoms with Gasteiger partial charge >= 0.3 is 5.97 Å². The highest BCUT2D eigenvalue weighted by Crippen LogP contribution is 2.15. The number of benzene rings is 1. The molecule has 0 bridgehead atoms. The zero-order chi connectivity index (χ0) is 10.7. The van der Waals surface area contributed by atoms with Crippen LogP contribution in [0.4, 0.5) is 0 Å². The molecule has 16 heavy (non-hydrogen) atoms. The molecule has 1 aromatic rings. The molecule has 0 radical (unpaired) electrons. The summed E-state index contributed by atoms with van der Waals surface area (Å²) >= 11 is 0. The van der Waals surface area contributed by atoms with Crippen molar-refractivity contribution in [1.82, 2.24) is 5.32 Å². The van der Waals surface area contributed by atoms with E-state index in [0.717, 1.165) is 19.5 Å². The van der Waals surface area contributed by atoms with Gasteiger partial charge in [0, 0.05) is 0 Å². The van der Waals surface area contributed by atoms with Crippen LogP contribution >= 0.6 is 12.4 Å². The van der Waals surface area contributed by atoms with E-state index in [-0.39, 0.29) is 12.4 Å². The lowest BCUT2D eigenvalue weighted by Crippen LogP contribution is -2.10. The molecule has 1 heterocycles. The van der Waals surface area contributed by atoms with Crippen molar-refractivity contribution in [3.05, 3.63) is 35.4 Å². The number of halogens is 1. The lowest BCUT2D eigenvalue weighted by Gasteiger charge is -2.07. The first-order chi connectivity index (χ1) is 7.25. The first-order valence-corrected chi connectivity index (χ1v) is 5.28. The lowest BCUT2D eigenvalue weighted by atomic mass is 9.98. The minimum Gasteiger partial charge on any atom is -0.478 e. The van der Waals surface area contributed by atoms with E-state index >= 15 is 0 Å². The zero-order valence-electron chi connectivity index (χ0n) is 8.98. The van der Waals surface area contributed by atoms with Gasteiger partial charge in [0.15, 0.2) is 0 Å². The Morgan fingerprint density at radius 3 is 2.56 bits per heavy atom. The minimum atomic E-state index is -0.857. The van der Waals surface area contributed by atoms with Crippen LogP contribution in [0, 0.1) is 5.92 Å². The van der Waals surface area contributed by atoms with Crippen LogP contribution < -0.4 is 5.32 Å². The summed E-state index contributed by atoms with van der Waals surface area (Å²) in [6.45, 7) is 2.19. The summed E-state index contributed by atoms with van der Waals surface area (Å²) in [6, 6.07) is 7.20. The molecule has 88 valence electrons. The predicted molar refractivity (Wildman–Crippen MR) is 65.3 cm³/mol. The van der Waals surface area contributed by atoms with Gasteiger partial charge in [-0.25, -0.2) is 4.79 Å². The number of aromatic carboxylic acids is 1. The normalized spacial score (nSPS) is 19.1. The Hall–Kier alpha value is -1.06. The monoisotopic (exact) mass is 241 g/mol. The smallest absolute Gasteiger partial charge is 0.335 e. The van der Waals surface area contributed by atoms with Gasteiger partial charge < -0.3 is 10.4 Å². The van der Waals surface area contributed by atoms with E-state index in [1.165, 1.54) is 12.0 Å². The van der Waals surface area contributed by atoms with E-state index in [2.05, 4.69) is 5.32 Å². The van der Waals surface area contributed by atoms with Crippen molar-refractivity contribution < 1.29 is 9.90 Å². The molecular formula is C12H16ClNO2. The topological polar surface area (TPSA) is 49.3 Å². The molecule has 4 heteroatoms.